The fourth-order valence-corrected chi connectivity index (χ4v) is 5.16. The highest BCUT2D eigenvalue weighted by molar-refractivity contribution is 6.00. The molecule has 41 heavy (non-hydrogen) atoms. The van der Waals surface area contributed by atoms with Gasteiger partial charge in [-0.1, -0.05) is 0 Å². The Hall–Kier alpha value is -3.94. The van der Waals surface area contributed by atoms with Crippen molar-refractivity contribution in [1.82, 2.24) is 15.1 Å². The van der Waals surface area contributed by atoms with E-state index in [0.29, 0.717) is 25.9 Å². The first kappa shape index (κ1) is 30.0. The predicted molar refractivity (Wildman–Crippen MR) is 133 cm³/mol. The molecule has 0 bridgehead atoms. The molecule has 3 amide bonds. The molecular weight excluding hydrogens is 557 g/mol. The minimum Gasteiger partial charge on any atom is -0.497 e. The van der Waals surface area contributed by atoms with E-state index in [9.17, 15) is 27.6 Å². The summed E-state index contributed by atoms with van der Waals surface area (Å²) in [6.07, 6.45) is -4.04. The van der Waals surface area contributed by atoms with Gasteiger partial charge in [-0.15, -0.1) is 13.2 Å². The Bertz CT molecular complexity index is 1270. The maximum absolute atomic E-state index is 15.2. The molecule has 14 heteroatoms. The van der Waals surface area contributed by atoms with Gasteiger partial charge >= 0.3 is 6.36 Å². The second-order valence-electron chi connectivity index (χ2n) is 9.60. The molecule has 3 atom stereocenters. The van der Waals surface area contributed by atoms with Crippen LogP contribution in [-0.2, 0) is 14.3 Å². The molecule has 1 N–H and O–H groups in total. The van der Waals surface area contributed by atoms with Gasteiger partial charge in [0.1, 0.15) is 35.2 Å². The van der Waals surface area contributed by atoms with E-state index in [4.69, 9.17) is 9.47 Å². The van der Waals surface area contributed by atoms with Crippen molar-refractivity contribution in [3.63, 3.8) is 0 Å². The van der Waals surface area contributed by atoms with E-state index in [1.54, 1.807) is 4.90 Å². The average molecular weight is 586 g/mol. The van der Waals surface area contributed by atoms with E-state index in [1.807, 2.05) is 0 Å². The number of methoxy groups -OCH3 is 2. The third-order valence-electron chi connectivity index (χ3n) is 7.08. The van der Waals surface area contributed by atoms with Gasteiger partial charge in [-0.2, -0.15) is 0 Å². The zero-order valence-corrected chi connectivity index (χ0v) is 22.2. The van der Waals surface area contributed by atoms with E-state index >= 15 is 8.78 Å². The Labute approximate surface area is 232 Å². The molecule has 1 unspecified atom stereocenters. The number of hydrogen-bond donors (Lipinski definition) is 1. The molecule has 0 aliphatic carbocycles. The van der Waals surface area contributed by atoms with Crippen molar-refractivity contribution in [1.29, 1.82) is 0 Å². The van der Waals surface area contributed by atoms with Crippen LogP contribution in [-0.4, -0.2) is 86.4 Å². The van der Waals surface area contributed by atoms with Crippen LogP contribution in [0.2, 0.25) is 0 Å². The molecule has 2 aromatic carbocycles. The first-order chi connectivity index (χ1) is 19.4. The van der Waals surface area contributed by atoms with E-state index in [2.05, 4.69) is 10.1 Å². The number of carbonyl (C=O) groups is 3. The number of amides is 3. The second kappa shape index (κ2) is 12.3. The lowest BCUT2D eigenvalue weighted by Crippen LogP contribution is -2.54. The molecule has 2 saturated heterocycles. The van der Waals surface area contributed by atoms with Gasteiger partial charge in [-0.05, 0) is 37.1 Å². The topological polar surface area (TPSA) is 97.4 Å². The SMILES string of the molecule is COCCN1CCCC(N2C[C@@H](c3c(F)cc(OC)cc3F)[C@H](NC(=O)c3ccc(OC(F)(F)F)cc3)C2=O)C1=O. The van der Waals surface area contributed by atoms with Crippen LogP contribution in [0, 0.1) is 11.6 Å². The molecule has 2 aliphatic heterocycles. The van der Waals surface area contributed by atoms with Gasteiger partial charge in [-0.25, -0.2) is 8.78 Å². The van der Waals surface area contributed by atoms with Crippen molar-refractivity contribution < 1.29 is 50.5 Å². The number of hydrogen-bond acceptors (Lipinski definition) is 6. The van der Waals surface area contributed by atoms with Gasteiger partial charge in [0.25, 0.3) is 5.91 Å². The average Bonchev–Trinajstić information content (AvgIpc) is 3.22. The monoisotopic (exact) mass is 585 g/mol. The van der Waals surface area contributed by atoms with Gasteiger partial charge in [0.05, 0.1) is 13.7 Å². The highest BCUT2D eigenvalue weighted by Gasteiger charge is 2.49. The van der Waals surface area contributed by atoms with Crippen molar-refractivity contribution in [2.75, 3.05) is 40.5 Å². The fraction of sp³-hybridized carbons (Fsp3) is 0.444. The summed E-state index contributed by atoms with van der Waals surface area (Å²) in [6.45, 7) is 0.771. The van der Waals surface area contributed by atoms with Gasteiger partial charge in [0, 0.05) is 55.9 Å². The summed E-state index contributed by atoms with van der Waals surface area (Å²) >= 11 is 0. The van der Waals surface area contributed by atoms with Crippen LogP contribution in [0.4, 0.5) is 22.0 Å². The Morgan fingerprint density at radius 1 is 1.02 bits per heavy atom. The van der Waals surface area contributed by atoms with Crippen LogP contribution in [0.5, 0.6) is 11.5 Å². The first-order valence-electron chi connectivity index (χ1n) is 12.7. The lowest BCUT2D eigenvalue weighted by molar-refractivity contribution is -0.274. The molecule has 2 fully saturated rings. The number of alkyl halides is 3. The molecule has 0 spiro atoms. The molecular formula is C27H28F5N3O6. The Kier molecular flexibility index (Phi) is 9.00. The smallest absolute Gasteiger partial charge is 0.497 e. The predicted octanol–water partition coefficient (Wildman–Crippen LogP) is 3.23. The van der Waals surface area contributed by atoms with Crippen LogP contribution in [0.15, 0.2) is 36.4 Å². The summed E-state index contributed by atoms with van der Waals surface area (Å²) in [7, 11) is 2.72. The van der Waals surface area contributed by atoms with Crippen molar-refractivity contribution in [2.24, 2.45) is 0 Å². The minimum atomic E-state index is -4.93. The van der Waals surface area contributed by atoms with E-state index < -0.39 is 59.1 Å². The molecule has 4 rings (SSSR count). The van der Waals surface area contributed by atoms with Crippen LogP contribution >= 0.6 is 0 Å². The minimum absolute atomic E-state index is 0.0945. The number of nitrogens with zero attached hydrogens (tertiary/aromatic N) is 2. The van der Waals surface area contributed by atoms with Crippen LogP contribution in [0.3, 0.4) is 0 Å². The number of piperidine rings is 1. The van der Waals surface area contributed by atoms with Crippen molar-refractivity contribution >= 4 is 17.7 Å². The maximum atomic E-state index is 15.2. The van der Waals surface area contributed by atoms with E-state index in [1.165, 1.54) is 19.1 Å². The fourth-order valence-electron chi connectivity index (χ4n) is 5.16. The summed E-state index contributed by atoms with van der Waals surface area (Å²) in [5, 5.41) is 2.47. The molecule has 2 aromatic rings. The van der Waals surface area contributed by atoms with Crippen LogP contribution in [0.25, 0.3) is 0 Å². The first-order valence-corrected chi connectivity index (χ1v) is 12.7. The third kappa shape index (κ3) is 6.69. The summed E-state index contributed by atoms with van der Waals surface area (Å²) in [5.74, 6) is -5.84. The maximum Gasteiger partial charge on any atom is 0.573 e. The van der Waals surface area contributed by atoms with Gasteiger partial charge in [0.15, 0.2) is 0 Å². The van der Waals surface area contributed by atoms with Gasteiger partial charge in [0.2, 0.25) is 11.8 Å². The Morgan fingerprint density at radius 2 is 1.68 bits per heavy atom. The third-order valence-corrected chi connectivity index (χ3v) is 7.08. The largest absolute Gasteiger partial charge is 0.573 e. The number of likely N-dealkylation sites (tertiary alicyclic amines) is 2. The van der Waals surface area contributed by atoms with Gasteiger partial charge < -0.3 is 29.3 Å². The molecule has 2 aliphatic rings. The Balaban J connectivity index is 1.64. The summed E-state index contributed by atoms with van der Waals surface area (Å²) in [5.41, 5.74) is -0.597. The van der Waals surface area contributed by atoms with E-state index in [0.717, 1.165) is 36.4 Å². The van der Waals surface area contributed by atoms with Crippen molar-refractivity contribution in [2.45, 2.75) is 37.2 Å². The summed E-state index contributed by atoms with van der Waals surface area (Å²) < 4.78 is 81.6. The number of ether oxygens (including phenoxy) is 3. The number of halogens is 5. The zero-order chi connectivity index (χ0) is 29.9. The zero-order valence-electron chi connectivity index (χ0n) is 22.2. The number of carbonyl (C=O) groups excluding carboxylic acids is 3. The number of rotatable bonds is 9. The van der Waals surface area contributed by atoms with Crippen LogP contribution in [0.1, 0.15) is 34.7 Å². The van der Waals surface area contributed by atoms with Gasteiger partial charge in [-0.3, -0.25) is 14.4 Å². The number of benzene rings is 2. The standard InChI is InChI=1S/C27H28F5N3O6/c1-39-11-10-34-9-3-4-21(25(34)37)35-14-18(22-19(28)12-17(40-2)13-20(22)29)23(26(35)38)33-24(36)15-5-7-16(8-6-15)41-27(30,31)32/h5-8,12-13,18,21,23H,3-4,9-11,14H2,1-2H3,(H,33,36)/t18-,21?,23-/m0/s1. The Morgan fingerprint density at radius 3 is 2.27 bits per heavy atom. The molecule has 9 nitrogen and oxygen atoms in total. The quantitative estimate of drug-likeness (QED) is 0.454. The van der Waals surface area contributed by atoms with E-state index in [-0.39, 0.29) is 30.4 Å². The summed E-state index contributed by atoms with van der Waals surface area (Å²) in [4.78, 5) is 42.8. The lowest BCUT2D eigenvalue weighted by Gasteiger charge is -2.36. The molecule has 0 radical (unpaired) electrons. The molecule has 0 saturated carbocycles. The number of nitrogens with one attached hydrogen (secondary N) is 1. The highest BCUT2D eigenvalue weighted by atomic mass is 19.4. The normalized spacial score (nSPS) is 21.3. The highest BCUT2D eigenvalue weighted by Crippen LogP contribution is 2.37. The van der Waals surface area contributed by atoms with Crippen LogP contribution < -0.4 is 14.8 Å². The second-order valence-corrected chi connectivity index (χ2v) is 9.60. The lowest BCUT2D eigenvalue weighted by atomic mass is 9.92. The molecule has 0 aromatic heterocycles. The molecule has 222 valence electrons. The molecule has 2 heterocycles. The van der Waals surface area contributed by atoms with Crippen molar-refractivity contribution in [3.05, 3.63) is 59.2 Å². The van der Waals surface area contributed by atoms with Crippen molar-refractivity contribution in [3.8, 4) is 11.5 Å². The summed E-state index contributed by atoms with van der Waals surface area (Å²) in [6, 6.07) is 3.44.